The molecule has 2 amide bonds. The number of phenols is 2. The number of fused-ring (bicyclic) bond motifs is 14. The fraction of sp³-hybridized carbons (Fsp3) is 0.630. The average Bonchev–Trinajstić information content (AvgIpc) is 3.69. The van der Waals surface area contributed by atoms with E-state index >= 15 is 0 Å². The molecule has 0 unspecified atom stereocenters. The summed E-state index contributed by atoms with van der Waals surface area (Å²) in [5, 5.41) is 42.4. The molecule has 16 nitrogen and oxygen atoms in total. The molecule has 2 aromatic carbocycles. The Morgan fingerprint density at radius 3 is 2.34 bits per heavy atom. The molecule has 16 heteroatoms. The van der Waals surface area contributed by atoms with Crippen molar-refractivity contribution in [1.29, 1.82) is 0 Å². The number of aliphatic hydroxyl groups is 1. The molecule has 2 aromatic rings. The van der Waals surface area contributed by atoms with E-state index in [-0.39, 0.29) is 81.0 Å². The first-order valence-electron chi connectivity index (χ1n) is 25.5. The number of likely N-dealkylation sites (tertiary alicyclic amines) is 1. The van der Waals surface area contributed by atoms with Crippen molar-refractivity contribution in [3.05, 3.63) is 57.8 Å². The molecule has 7 rings (SSSR count). The summed E-state index contributed by atoms with van der Waals surface area (Å²) in [6, 6.07) is 0. The number of anilines is 1. The van der Waals surface area contributed by atoms with Crippen LogP contribution in [0.25, 0.3) is 10.8 Å². The van der Waals surface area contributed by atoms with Gasteiger partial charge >= 0.3 is 5.97 Å². The third kappa shape index (κ3) is 13.0. The highest BCUT2D eigenvalue weighted by Gasteiger charge is 2.40. The number of rotatable bonds is 11. The van der Waals surface area contributed by atoms with Gasteiger partial charge in [0.25, 0.3) is 5.91 Å². The molecule has 0 aliphatic carbocycles. The molecular formula is C54H78N6O10. The predicted molar refractivity (Wildman–Crippen MR) is 270 cm³/mol. The Bertz CT molecular complexity index is 2450. The largest absolute Gasteiger partial charge is 0.507 e. The van der Waals surface area contributed by atoms with Crippen molar-refractivity contribution in [2.24, 2.45) is 39.6 Å². The normalized spacial score (nSPS) is 26.8. The molecule has 5 heterocycles. The minimum Gasteiger partial charge on any atom is -0.507 e. The van der Waals surface area contributed by atoms with Crippen LogP contribution in [0.2, 0.25) is 0 Å². The first-order valence-corrected chi connectivity index (χ1v) is 25.5. The van der Waals surface area contributed by atoms with E-state index in [4.69, 9.17) is 24.2 Å². The standard InChI is InChI=1S/C54H78N6O10/c1-10-69-52-38(9)49(65)44-43-42(52)39(61)18-12-11-16-34(5)51(70-41(63)30-40(62)55-21-14-22-59-25-27-68-28-26-59)37(8)48(64)36(7)29-33(4)15-13-17-35(6)53(67)56-47(50(44)66)46-45(43)57-54(58-46)19-23-60(24-20-54)31-32(2)3/h11-13,15,17,32-34,36-37,48,51,64-66H,10,14,16,18-31H2,1-9H3,(H,55,62)(H,56,67)/b12-11+,15-13+,35-17-/t33-,34+,36+,37+,48+,51+/m0/s1. The zero-order valence-electron chi connectivity index (χ0n) is 42.9. The number of nitrogens with one attached hydrogen (secondary N) is 2. The zero-order valence-corrected chi connectivity index (χ0v) is 42.9. The second-order valence-electron chi connectivity index (χ2n) is 20.5. The van der Waals surface area contributed by atoms with Gasteiger partial charge in [-0.2, -0.15) is 0 Å². The Balaban J connectivity index is 1.37. The van der Waals surface area contributed by atoms with Gasteiger partial charge in [-0.1, -0.05) is 71.9 Å². The van der Waals surface area contributed by atoms with Crippen molar-refractivity contribution in [2.45, 2.75) is 125 Å². The minimum atomic E-state index is -0.928. The van der Waals surface area contributed by atoms with Gasteiger partial charge in [-0.25, -0.2) is 0 Å². The first-order chi connectivity index (χ1) is 33.3. The number of allylic oxidation sites excluding steroid dienone is 5. The number of aliphatic hydroxyl groups excluding tert-OH is 1. The number of ether oxygens (including phenoxy) is 3. The average molecular weight is 971 g/mol. The molecular weight excluding hydrogens is 893 g/mol. The monoisotopic (exact) mass is 971 g/mol. The minimum absolute atomic E-state index is 0.000313. The van der Waals surface area contributed by atoms with Gasteiger partial charge in [-0.05, 0) is 70.3 Å². The number of phenolic OH excluding ortho intramolecular Hbond substituents is 2. The molecule has 6 atom stereocenters. The number of piperidine rings is 1. The smallest absolute Gasteiger partial charge is 0.315 e. The second kappa shape index (κ2) is 24.3. The van der Waals surface area contributed by atoms with Crippen molar-refractivity contribution in [2.75, 3.05) is 71.0 Å². The molecule has 4 bridgehead atoms. The van der Waals surface area contributed by atoms with Gasteiger partial charge in [-0.15, -0.1) is 0 Å². The van der Waals surface area contributed by atoms with Gasteiger partial charge in [0.15, 0.2) is 17.2 Å². The first kappa shape index (κ1) is 54.2. The zero-order chi connectivity index (χ0) is 50.9. The number of hydrogen-bond donors (Lipinski definition) is 5. The van der Waals surface area contributed by atoms with Crippen molar-refractivity contribution in [3.8, 4) is 17.2 Å². The van der Waals surface area contributed by atoms with Crippen molar-refractivity contribution in [3.63, 3.8) is 0 Å². The molecule has 0 radical (unpaired) electrons. The number of Topliss-reactive ketones (excluding diaryl/α,β-unsaturated/α-hetero) is 1. The summed E-state index contributed by atoms with van der Waals surface area (Å²) >= 11 is 0. The summed E-state index contributed by atoms with van der Waals surface area (Å²) in [6.45, 7) is 24.0. The van der Waals surface area contributed by atoms with Crippen LogP contribution in [0.4, 0.5) is 5.69 Å². The third-order valence-electron chi connectivity index (χ3n) is 14.3. The van der Waals surface area contributed by atoms with E-state index in [1.54, 1.807) is 39.0 Å². The SMILES string of the molecule is CCOc1c(C)c(O)c2c(O)c3c4c(c2c1C(=O)C/C=C/C[C@@H](C)[C@@H](OC(=O)CC(=O)NCCCN1CCOCC1)[C@H](C)[C@H](O)[C@H](C)C[C@@H](C)/C=C/C=C(/C)C(=O)N3)=NC1(CCN(CC(C)C)CC1)N=4. The van der Waals surface area contributed by atoms with Gasteiger partial charge in [0, 0.05) is 81.0 Å². The molecule has 70 heavy (non-hydrogen) atoms. The predicted octanol–water partition coefficient (Wildman–Crippen LogP) is 6.07. The lowest BCUT2D eigenvalue weighted by Gasteiger charge is -2.36. The molecule has 5 aliphatic heterocycles. The van der Waals surface area contributed by atoms with Gasteiger partial charge in [-0.3, -0.25) is 34.1 Å². The molecule has 1 spiro atoms. The fourth-order valence-corrected chi connectivity index (χ4v) is 10.4. The Kier molecular flexibility index (Phi) is 18.8. The maximum Gasteiger partial charge on any atom is 0.315 e. The number of nitrogens with zero attached hydrogens (tertiary/aromatic N) is 4. The van der Waals surface area contributed by atoms with Crippen LogP contribution in [0.3, 0.4) is 0 Å². The number of amides is 2. The summed E-state index contributed by atoms with van der Waals surface area (Å²) in [5.41, 5.74) is -0.225. The van der Waals surface area contributed by atoms with E-state index in [0.717, 1.165) is 45.7 Å². The Labute approximate surface area is 413 Å². The molecule has 5 aliphatic rings. The fourth-order valence-electron chi connectivity index (χ4n) is 10.4. The van der Waals surface area contributed by atoms with Crippen LogP contribution >= 0.6 is 0 Å². The summed E-state index contributed by atoms with van der Waals surface area (Å²) in [7, 11) is 0. The van der Waals surface area contributed by atoms with Crippen LogP contribution in [0.15, 0.2) is 45.9 Å². The van der Waals surface area contributed by atoms with Gasteiger partial charge in [0.05, 0.1) is 42.2 Å². The lowest BCUT2D eigenvalue weighted by atomic mass is 9.80. The summed E-state index contributed by atoms with van der Waals surface area (Å²) in [6.07, 6.45) is 9.59. The van der Waals surface area contributed by atoms with Gasteiger partial charge in [0.1, 0.15) is 35.1 Å². The van der Waals surface area contributed by atoms with Crippen molar-refractivity contribution in [1.82, 2.24) is 15.1 Å². The Hall–Kier alpha value is -5.16. The van der Waals surface area contributed by atoms with Gasteiger partial charge < -0.3 is 45.1 Å². The molecule has 2 fully saturated rings. The number of esters is 1. The van der Waals surface area contributed by atoms with Crippen molar-refractivity contribution < 1.29 is 48.7 Å². The molecule has 0 aromatic heterocycles. The highest BCUT2D eigenvalue weighted by atomic mass is 16.5. The van der Waals surface area contributed by atoms with Crippen LogP contribution in [0.5, 0.6) is 17.2 Å². The summed E-state index contributed by atoms with van der Waals surface area (Å²) in [4.78, 5) is 70.3. The summed E-state index contributed by atoms with van der Waals surface area (Å²) < 4.78 is 17.7. The van der Waals surface area contributed by atoms with Crippen LogP contribution < -0.4 is 26.1 Å². The highest BCUT2D eigenvalue weighted by molar-refractivity contribution is 6.16. The van der Waals surface area contributed by atoms with Crippen LogP contribution in [0.1, 0.15) is 116 Å². The maximum atomic E-state index is 14.8. The quantitative estimate of drug-likeness (QED) is 0.0572. The third-order valence-corrected chi connectivity index (χ3v) is 14.3. The van der Waals surface area contributed by atoms with Crippen LogP contribution in [-0.2, 0) is 23.9 Å². The number of benzene rings is 2. The van der Waals surface area contributed by atoms with E-state index in [0.29, 0.717) is 62.3 Å². The van der Waals surface area contributed by atoms with Gasteiger partial charge in [0.2, 0.25) is 5.91 Å². The number of carbonyl (C=O) groups excluding carboxylic acids is 4. The number of carbonyl (C=O) groups is 4. The van der Waals surface area contributed by atoms with E-state index in [9.17, 15) is 34.5 Å². The summed E-state index contributed by atoms with van der Waals surface area (Å²) in [5.74, 6) is -3.20. The Morgan fingerprint density at radius 2 is 1.66 bits per heavy atom. The number of hydrogen-bond acceptors (Lipinski definition) is 14. The molecule has 2 saturated heterocycles. The van der Waals surface area contributed by atoms with E-state index in [1.807, 2.05) is 39.8 Å². The molecule has 384 valence electrons. The lowest BCUT2D eigenvalue weighted by Crippen LogP contribution is -2.43. The number of aromatic hydroxyl groups is 2. The topological polar surface area (TPSA) is 212 Å². The van der Waals surface area contributed by atoms with E-state index in [1.165, 1.54) is 0 Å². The van der Waals surface area contributed by atoms with E-state index < -0.39 is 53.7 Å². The Morgan fingerprint density at radius 1 is 0.957 bits per heavy atom. The highest BCUT2D eigenvalue weighted by Crippen LogP contribution is 2.45. The van der Waals surface area contributed by atoms with Crippen LogP contribution in [0, 0.1) is 36.5 Å². The molecule has 0 saturated carbocycles. The van der Waals surface area contributed by atoms with Crippen LogP contribution in [-0.4, -0.2) is 132 Å². The maximum absolute atomic E-state index is 14.8. The lowest BCUT2D eigenvalue weighted by molar-refractivity contribution is -0.160. The molecule has 5 N–H and O–H groups in total. The van der Waals surface area contributed by atoms with E-state index in [2.05, 4.69) is 34.3 Å². The number of morpholine rings is 1. The van der Waals surface area contributed by atoms with Crippen molar-refractivity contribution >= 4 is 40.0 Å². The number of ketones is 1. The second-order valence-corrected chi connectivity index (χ2v) is 20.5.